The number of rotatable bonds is 11. The normalized spacial score (nSPS) is 11.3. The Labute approximate surface area is 174 Å². The van der Waals surface area contributed by atoms with Crippen molar-refractivity contribution < 1.29 is 27.6 Å². The summed E-state index contributed by atoms with van der Waals surface area (Å²) in [5.74, 6) is 0.728. The third-order valence-corrected chi connectivity index (χ3v) is 4.91. The van der Waals surface area contributed by atoms with Gasteiger partial charge in [0, 0.05) is 11.6 Å². The van der Waals surface area contributed by atoms with Gasteiger partial charge < -0.3 is 14.2 Å². The second-order valence-electron chi connectivity index (χ2n) is 5.75. The second-order valence-corrected chi connectivity index (χ2v) is 7.41. The topological polar surface area (TPSA) is 129 Å². The van der Waals surface area contributed by atoms with E-state index < -0.39 is 14.9 Å². The van der Waals surface area contributed by atoms with Gasteiger partial charge in [0.05, 0.1) is 35.9 Å². The first-order chi connectivity index (χ1) is 14.3. The van der Waals surface area contributed by atoms with E-state index >= 15 is 0 Å². The summed E-state index contributed by atoms with van der Waals surface area (Å²) in [5, 5.41) is 15.1. The van der Waals surface area contributed by atoms with E-state index in [1.807, 2.05) is 6.92 Å². The molecule has 0 aliphatic carbocycles. The second kappa shape index (κ2) is 10.4. The molecule has 0 spiro atoms. The highest BCUT2D eigenvalue weighted by Crippen LogP contribution is 2.38. The quantitative estimate of drug-likeness (QED) is 0.325. The molecule has 0 unspecified atom stereocenters. The van der Waals surface area contributed by atoms with Crippen molar-refractivity contribution in [3.05, 3.63) is 52.1 Å². The van der Waals surface area contributed by atoms with Gasteiger partial charge in [-0.2, -0.15) is 13.5 Å². The zero-order valence-electron chi connectivity index (χ0n) is 16.8. The number of ether oxygens (including phenoxy) is 3. The molecule has 0 radical (unpaired) electrons. The van der Waals surface area contributed by atoms with Crippen molar-refractivity contribution in [1.82, 2.24) is 4.83 Å². The molecule has 0 saturated carbocycles. The fourth-order valence-electron chi connectivity index (χ4n) is 2.48. The van der Waals surface area contributed by atoms with Crippen LogP contribution < -0.4 is 19.0 Å². The molecule has 0 bridgehead atoms. The van der Waals surface area contributed by atoms with Gasteiger partial charge in [0.1, 0.15) is 5.75 Å². The number of nitrogens with zero attached hydrogens (tertiary/aromatic N) is 2. The van der Waals surface area contributed by atoms with Gasteiger partial charge in [0.2, 0.25) is 5.75 Å². The molecule has 2 aromatic rings. The van der Waals surface area contributed by atoms with Crippen LogP contribution in [0.4, 0.5) is 5.69 Å². The van der Waals surface area contributed by atoms with E-state index in [0.717, 1.165) is 6.21 Å². The van der Waals surface area contributed by atoms with Crippen LogP contribution in [0, 0.1) is 10.1 Å². The molecule has 10 nitrogen and oxygen atoms in total. The Bertz CT molecular complexity index is 1010. The Morgan fingerprint density at radius 3 is 2.23 bits per heavy atom. The lowest BCUT2D eigenvalue weighted by Gasteiger charge is -2.11. The lowest BCUT2D eigenvalue weighted by Crippen LogP contribution is -2.18. The molecule has 0 amide bonds. The maximum absolute atomic E-state index is 12.4. The monoisotopic (exact) mass is 437 g/mol. The first-order valence-electron chi connectivity index (χ1n) is 9.18. The fourth-order valence-corrected chi connectivity index (χ4v) is 3.27. The van der Waals surface area contributed by atoms with Gasteiger partial charge in [-0.15, -0.1) is 0 Å². The summed E-state index contributed by atoms with van der Waals surface area (Å²) in [4.78, 5) is 12.9. The van der Waals surface area contributed by atoms with E-state index in [1.54, 1.807) is 13.8 Å². The van der Waals surface area contributed by atoms with Crippen molar-refractivity contribution >= 4 is 21.9 Å². The van der Waals surface area contributed by atoms with Crippen LogP contribution in [0.5, 0.6) is 17.2 Å². The molecule has 1 N–H and O–H groups in total. The predicted molar refractivity (Wildman–Crippen MR) is 111 cm³/mol. The average Bonchev–Trinajstić information content (AvgIpc) is 2.70. The third kappa shape index (κ3) is 5.83. The van der Waals surface area contributed by atoms with E-state index in [2.05, 4.69) is 9.93 Å². The van der Waals surface area contributed by atoms with Crippen molar-refractivity contribution in [2.75, 3.05) is 19.8 Å². The number of nitrogens with one attached hydrogen (secondary N) is 1. The molecule has 0 atom stereocenters. The highest BCUT2D eigenvalue weighted by molar-refractivity contribution is 7.89. The molecule has 11 heteroatoms. The molecule has 30 heavy (non-hydrogen) atoms. The molecule has 0 heterocycles. The van der Waals surface area contributed by atoms with Crippen molar-refractivity contribution in [1.29, 1.82) is 0 Å². The van der Waals surface area contributed by atoms with Crippen LogP contribution >= 0.6 is 0 Å². The molecule has 0 aromatic heterocycles. The number of hydrogen-bond donors (Lipinski definition) is 1. The summed E-state index contributed by atoms with van der Waals surface area (Å²) >= 11 is 0. The Hall–Kier alpha value is -3.34. The summed E-state index contributed by atoms with van der Waals surface area (Å²) in [6, 6.07) is 8.55. The van der Waals surface area contributed by atoms with E-state index in [-0.39, 0.29) is 40.9 Å². The maximum Gasteiger partial charge on any atom is 0.315 e. The van der Waals surface area contributed by atoms with Crippen LogP contribution in [-0.4, -0.2) is 39.4 Å². The molecule has 0 aliphatic rings. The van der Waals surface area contributed by atoms with Gasteiger partial charge in [-0.1, -0.05) is 0 Å². The van der Waals surface area contributed by atoms with Gasteiger partial charge in [-0.25, -0.2) is 4.83 Å². The number of hydrazone groups is 1. The number of benzene rings is 2. The average molecular weight is 437 g/mol. The van der Waals surface area contributed by atoms with Crippen molar-refractivity contribution in [3.8, 4) is 17.2 Å². The predicted octanol–water partition coefficient (Wildman–Crippen LogP) is 3.10. The molecule has 2 aromatic carbocycles. The minimum atomic E-state index is -3.92. The summed E-state index contributed by atoms with van der Waals surface area (Å²) in [5.41, 5.74) is -0.0402. The molecule has 0 aliphatic heterocycles. The Morgan fingerprint density at radius 2 is 1.67 bits per heavy atom. The zero-order valence-corrected chi connectivity index (χ0v) is 17.6. The third-order valence-electron chi connectivity index (χ3n) is 3.67. The van der Waals surface area contributed by atoms with Crippen molar-refractivity contribution in [3.63, 3.8) is 0 Å². The molecule has 0 fully saturated rings. The highest BCUT2D eigenvalue weighted by atomic mass is 32.2. The van der Waals surface area contributed by atoms with Crippen molar-refractivity contribution in [2.45, 2.75) is 25.7 Å². The maximum atomic E-state index is 12.4. The Balaban J connectivity index is 2.26. The number of hydrogen-bond acceptors (Lipinski definition) is 8. The number of nitro benzene ring substituents is 1. The van der Waals surface area contributed by atoms with Crippen LogP contribution in [0.1, 0.15) is 26.3 Å². The van der Waals surface area contributed by atoms with Gasteiger partial charge in [0.25, 0.3) is 10.0 Å². The zero-order chi connectivity index (χ0) is 22.1. The first kappa shape index (κ1) is 22.9. The van der Waals surface area contributed by atoms with Crippen LogP contribution in [0.15, 0.2) is 46.4 Å². The summed E-state index contributed by atoms with van der Waals surface area (Å²) in [6.45, 7) is 6.20. The van der Waals surface area contributed by atoms with Crippen molar-refractivity contribution in [2.24, 2.45) is 5.10 Å². The van der Waals surface area contributed by atoms with Crippen LogP contribution in [0.25, 0.3) is 0 Å². The van der Waals surface area contributed by atoms with Gasteiger partial charge in [-0.05, 0) is 51.1 Å². The fraction of sp³-hybridized carbons (Fsp3) is 0.316. The van der Waals surface area contributed by atoms with Crippen LogP contribution in [-0.2, 0) is 10.0 Å². The minimum Gasteiger partial charge on any atom is -0.494 e. The number of nitro groups is 1. The minimum absolute atomic E-state index is 0.00390. The smallest absolute Gasteiger partial charge is 0.315 e. The molecule has 162 valence electrons. The van der Waals surface area contributed by atoms with Crippen LogP contribution in [0.2, 0.25) is 0 Å². The number of sulfonamides is 1. The first-order valence-corrected chi connectivity index (χ1v) is 10.7. The Kier molecular flexibility index (Phi) is 7.98. The van der Waals surface area contributed by atoms with Gasteiger partial charge in [0.15, 0.2) is 5.75 Å². The molecule has 0 saturated heterocycles. The largest absolute Gasteiger partial charge is 0.494 e. The van der Waals surface area contributed by atoms with E-state index in [9.17, 15) is 18.5 Å². The van der Waals surface area contributed by atoms with E-state index in [1.165, 1.54) is 36.4 Å². The van der Waals surface area contributed by atoms with Gasteiger partial charge in [-0.3, -0.25) is 10.1 Å². The lowest BCUT2D eigenvalue weighted by molar-refractivity contribution is -0.385. The lowest BCUT2D eigenvalue weighted by atomic mass is 10.2. The Morgan fingerprint density at radius 1 is 1.03 bits per heavy atom. The van der Waals surface area contributed by atoms with Gasteiger partial charge >= 0.3 is 5.69 Å². The van der Waals surface area contributed by atoms with Crippen LogP contribution in [0.3, 0.4) is 0 Å². The highest BCUT2D eigenvalue weighted by Gasteiger charge is 2.22. The van der Waals surface area contributed by atoms with E-state index in [0.29, 0.717) is 12.4 Å². The SMILES string of the molecule is CCOc1ccc(S(=O)(=O)N/N=C/c2cc(OCC)c(OCC)c([N+](=O)[O-])c2)cc1. The summed E-state index contributed by atoms with van der Waals surface area (Å²) < 4.78 is 40.8. The standard InChI is InChI=1S/C19H23N3O7S/c1-4-27-15-7-9-16(10-8-15)30(25,26)21-20-13-14-11-17(22(23)24)19(29-6-3)18(12-14)28-5-2/h7-13,21H,4-6H2,1-3H3/b20-13+. The molecule has 2 rings (SSSR count). The summed E-state index contributed by atoms with van der Waals surface area (Å²) in [6.07, 6.45) is 1.15. The summed E-state index contributed by atoms with van der Waals surface area (Å²) in [7, 11) is -3.92. The molecular formula is C19H23N3O7S. The molecular weight excluding hydrogens is 414 g/mol. The van der Waals surface area contributed by atoms with E-state index in [4.69, 9.17) is 14.2 Å².